The first-order valence-corrected chi connectivity index (χ1v) is 6.42. The Morgan fingerprint density at radius 1 is 1.25 bits per heavy atom. The highest BCUT2D eigenvalue weighted by Gasteiger charge is 2.22. The summed E-state index contributed by atoms with van der Waals surface area (Å²) in [7, 11) is 0. The van der Waals surface area contributed by atoms with Gasteiger partial charge < -0.3 is 10.1 Å². The molecule has 4 heteroatoms. The van der Waals surface area contributed by atoms with Gasteiger partial charge in [-0.1, -0.05) is 17.7 Å². The van der Waals surface area contributed by atoms with E-state index in [4.69, 9.17) is 0 Å². The molecule has 0 saturated carbocycles. The lowest BCUT2D eigenvalue weighted by atomic mass is 10.1. The van der Waals surface area contributed by atoms with Crippen molar-refractivity contribution >= 4 is 12.2 Å². The summed E-state index contributed by atoms with van der Waals surface area (Å²) in [6.45, 7) is 3.97. The summed E-state index contributed by atoms with van der Waals surface area (Å²) in [6.07, 6.45) is 0.759. The van der Waals surface area contributed by atoms with E-state index in [1.807, 2.05) is 44.2 Å². The van der Waals surface area contributed by atoms with Crippen LogP contribution in [-0.4, -0.2) is 21.3 Å². The van der Waals surface area contributed by atoms with Gasteiger partial charge in [-0.2, -0.15) is 0 Å². The molecule has 0 spiro atoms. The fraction of sp³-hybridized carbons (Fsp3) is 0.188. The Kier molecular flexibility index (Phi) is 3.05. The Balaban J connectivity index is 1.85. The normalized spacial score (nSPS) is 16.6. The Labute approximate surface area is 117 Å². The molecule has 1 unspecified atom stereocenters. The molecule has 2 heterocycles. The number of aliphatic imine (C=N–C) groups is 1. The van der Waals surface area contributed by atoms with Gasteiger partial charge in [-0.05, 0) is 38.0 Å². The molecule has 0 aliphatic carbocycles. The molecular formula is C16H15N3O. The van der Waals surface area contributed by atoms with Crippen molar-refractivity contribution in [3.05, 3.63) is 52.7 Å². The number of nitrogens with one attached hydrogen (secondary N) is 1. The third-order valence-electron chi connectivity index (χ3n) is 3.19. The van der Waals surface area contributed by atoms with E-state index in [1.165, 1.54) is 10.5 Å². The average molecular weight is 265 g/mol. The van der Waals surface area contributed by atoms with Gasteiger partial charge in [-0.15, -0.1) is 0 Å². The Hall–Kier alpha value is -2.51. The topological polar surface area (TPSA) is 51.6 Å². The number of H-pyrrole nitrogens is 1. The third-order valence-corrected chi connectivity index (χ3v) is 3.19. The van der Waals surface area contributed by atoms with Crippen LogP contribution in [0, 0.1) is 25.8 Å². The predicted molar refractivity (Wildman–Crippen MR) is 78.5 cm³/mol. The number of rotatable bonds is 0. The molecule has 3 rings (SSSR count). The SMILES string of the molecule is Cc1ccc(C#CN2C=Nc3[nH]c(C)cc3C2O)cc1. The maximum atomic E-state index is 10.3. The van der Waals surface area contributed by atoms with Crippen LogP contribution >= 0.6 is 0 Å². The number of hydrogen-bond donors (Lipinski definition) is 2. The molecule has 1 aliphatic rings. The van der Waals surface area contributed by atoms with Crippen molar-refractivity contribution in [2.75, 3.05) is 0 Å². The van der Waals surface area contributed by atoms with Gasteiger partial charge >= 0.3 is 0 Å². The van der Waals surface area contributed by atoms with E-state index in [0.717, 1.165) is 16.8 Å². The lowest BCUT2D eigenvalue weighted by Gasteiger charge is -2.22. The van der Waals surface area contributed by atoms with Crippen LogP contribution in [0.5, 0.6) is 0 Å². The Morgan fingerprint density at radius 3 is 2.75 bits per heavy atom. The average Bonchev–Trinajstić information content (AvgIpc) is 2.81. The van der Waals surface area contributed by atoms with Crippen LogP contribution in [0.1, 0.15) is 28.6 Å². The highest BCUT2D eigenvalue weighted by atomic mass is 16.3. The highest BCUT2D eigenvalue weighted by molar-refractivity contribution is 5.68. The smallest absolute Gasteiger partial charge is 0.169 e. The first-order chi connectivity index (χ1) is 9.63. The van der Waals surface area contributed by atoms with Gasteiger partial charge in [-0.25, -0.2) is 4.99 Å². The van der Waals surface area contributed by atoms with Crippen LogP contribution in [0.15, 0.2) is 35.3 Å². The zero-order chi connectivity index (χ0) is 14.1. The largest absolute Gasteiger partial charge is 0.368 e. The number of aliphatic hydroxyl groups is 1. The van der Waals surface area contributed by atoms with E-state index in [0.29, 0.717) is 5.82 Å². The molecule has 1 atom stereocenters. The molecule has 1 aromatic heterocycles. The maximum absolute atomic E-state index is 10.3. The summed E-state index contributed by atoms with van der Waals surface area (Å²) in [4.78, 5) is 8.86. The third kappa shape index (κ3) is 2.31. The number of nitrogens with zero attached hydrogens (tertiary/aromatic N) is 2. The molecular weight excluding hydrogens is 250 g/mol. The summed E-state index contributed by atoms with van der Waals surface area (Å²) in [5, 5.41) is 10.3. The van der Waals surface area contributed by atoms with E-state index in [9.17, 15) is 5.11 Å². The monoisotopic (exact) mass is 265 g/mol. The molecule has 1 aliphatic heterocycles. The van der Waals surface area contributed by atoms with E-state index in [-0.39, 0.29) is 0 Å². The van der Waals surface area contributed by atoms with Crippen molar-refractivity contribution in [2.45, 2.75) is 20.1 Å². The standard InChI is InChI=1S/C16H15N3O/c1-11-3-5-13(6-4-11)7-8-19-10-17-15-14(16(19)20)9-12(2)18-15/h3-6,9-10,16,18,20H,1-2H3. The van der Waals surface area contributed by atoms with Gasteiger partial charge in [0, 0.05) is 22.9 Å². The van der Waals surface area contributed by atoms with Crippen LogP contribution in [-0.2, 0) is 0 Å². The zero-order valence-corrected chi connectivity index (χ0v) is 11.4. The van der Waals surface area contributed by atoms with Crippen LogP contribution < -0.4 is 0 Å². The number of aromatic nitrogens is 1. The van der Waals surface area contributed by atoms with E-state index < -0.39 is 6.23 Å². The summed E-state index contributed by atoms with van der Waals surface area (Å²) in [6, 6.07) is 12.8. The summed E-state index contributed by atoms with van der Waals surface area (Å²) in [5.74, 6) is 3.72. The Bertz CT molecular complexity index is 716. The number of hydrogen-bond acceptors (Lipinski definition) is 3. The lowest BCUT2D eigenvalue weighted by molar-refractivity contribution is 0.0900. The fourth-order valence-electron chi connectivity index (χ4n) is 2.09. The maximum Gasteiger partial charge on any atom is 0.169 e. The molecule has 0 bridgehead atoms. The van der Waals surface area contributed by atoms with Crippen LogP contribution in [0.25, 0.3) is 0 Å². The van der Waals surface area contributed by atoms with E-state index in [1.54, 1.807) is 6.34 Å². The summed E-state index contributed by atoms with van der Waals surface area (Å²) in [5.41, 5.74) is 3.83. The molecule has 1 aromatic carbocycles. The number of aryl methyl sites for hydroxylation is 2. The second-order valence-electron chi connectivity index (χ2n) is 4.88. The number of fused-ring (bicyclic) bond motifs is 1. The number of aromatic amines is 1. The van der Waals surface area contributed by atoms with Crippen LogP contribution in [0.2, 0.25) is 0 Å². The van der Waals surface area contributed by atoms with Gasteiger partial charge in [0.25, 0.3) is 0 Å². The predicted octanol–water partition coefficient (Wildman–Crippen LogP) is 2.61. The van der Waals surface area contributed by atoms with Crippen molar-refractivity contribution in [1.29, 1.82) is 0 Å². The Morgan fingerprint density at radius 2 is 2.00 bits per heavy atom. The van der Waals surface area contributed by atoms with Gasteiger partial charge in [0.05, 0.1) is 0 Å². The lowest BCUT2D eigenvalue weighted by Crippen LogP contribution is -2.24. The fourth-order valence-corrected chi connectivity index (χ4v) is 2.09. The molecule has 0 radical (unpaired) electrons. The van der Waals surface area contributed by atoms with Crippen molar-refractivity contribution in [3.63, 3.8) is 0 Å². The van der Waals surface area contributed by atoms with Gasteiger partial charge in [0.1, 0.15) is 12.2 Å². The summed E-state index contributed by atoms with van der Waals surface area (Å²) >= 11 is 0. The molecule has 20 heavy (non-hydrogen) atoms. The minimum atomic E-state index is -0.787. The molecule has 0 fully saturated rings. The second kappa shape index (κ2) is 4.87. The molecule has 2 N–H and O–H groups in total. The number of benzene rings is 1. The first-order valence-electron chi connectivity index (χ1n) is 6.42. The van der Waals surface area contributed by atoms with Gasteiger partial charge in [0.2, 0.25) is 0 Å². The zero-order valence-electron chi connectivity index (χ0n) is 11.4. The quantitative estimate of drug-likeness (QED) is 0.719. The van der Waals surface area contributed by atoms with Gasteiger partial charge in [0.15, 0.2) is 6.23 Å². The molecule has 0 amide bonds. The summed E-state index contributed by atoms with van der Waals surface area (Å²) < 4.78 is 0. The molecule has 2 aromatic rings. The minimum Gasteiger partial charge on any atom is -0.368 e. The van der Waals surface area contributed by atoms with Crippen LogP contribution in [0.4, 0.5) is 5.82 Å². The molecule has 4 nitrogen and oxygen atoms in total. The first kappa shape index (κ1) is 12.5. The van der Waals surface area contributed by atoms with Crippen molar-refractivity contribution in [1.82, 2.24) is 9.88 Å². The van der Waals surface area contributed by atoms with Crippen molar-refractivity contribution in [2.24, 2.45) is 4.99 Å². The molecule has 100 valence electrons. The van der Waals surface area contributed by atoms with Crippen molar-refractivity contribution < 1.29 is 5.11 Å². The highest BCUT2D eigenvalue weighted by Crippen LogP contribution is 2.30. The van der Waals surface area contributed by atoms with Crippen molar-refractivity contribution in [3.8, 4) is 12.0 Å². The van der Waals surface area contributed by atoms with Gasteiger partial charge in [-0.3, -0.25) is 4.90 Å². The minimum absolute atomic E-state index is 0.698. The second-order valence-corrected chi connectivity index (χ2v) is 4.88. The molecule has 0 saturated heterocycles. The van der Waals surface area contributed by atoms with Crippen LogP contribution in [0.3, 0.4) is 0 Å². The van der Waals surface area contributed by atoms with E-state index in [2.05, 4.69) is 21.9 Å². The van der Waals surface area contributed by atoms with E-state index >= 15 is 0 Å². The number of aliphatic hydroxyl groups excluding tert-OH is 1.